The van der Waals surface area contributed by atoms with E-state index < -0.39 is 5.97 Å². The molecular weight excluding hydrogens is 288 g/mol. The molecule has 0 atom stereocenters. The number of aliphatic carboxylic acids is 1. The highest BCUT2D eigenvalue weighted by molar-refractivity contribution is 7.08. The summed E-state index contributed by atoms with van der Waals surface area (Å²) >= 11 is 1.56. The lowest BCUT2D eigenvalue weighted by Crippen LogP contribution is -2.04. The number of benzene rings is 1. The maximum atomic E-state index is 12.1. The first-order valence-corrected chi connectivity index (χ1v) is 7.17. The van der Waals surface area contributed by atoms with Gasteiger partial charge in [-0.25, -0.2) is 0 Å². The normalized spacial score (nSPS) is 10.7. The van der Waals surface area contributed by atoms with Crippen molar-refractivity contribution < 1.29 is 19.4 Å². The summed E-state index contributed by atoms with van der Waals surface area (Å²) in [5, 5.41) is 12.8. The predicted octanol–water partition coefficient (Wildman–Crippen LogP) is 3.28. The number of rotatable bonds is 6. The van der Waals surface area contributed by atoms with E-state index in [1.807, 2.05) is 16.8 Å². The lowest BCUT2D eigenvalue weighted by Gasteiger charge is -2.07. The molecule has 0 unspecified atom stereocenters. The number of carboxylic acid groups (broad SMARTS) is 1. The summed E-state index contributed by atoms with van der Waals surface area (Å²) in [4.78, 5) is 23.0. The van der Waals surface area contributed by atoms with Crippen LogP contribution in [0.5, 0.6) is 5.75 Å². The number of hydrogen-bond acceptors (Lipinski definition) is 4. The number of thiophene rings is 1. The highest BCUT2D eigenvalue weighted by atomic mass is 32.1. The zero-order valence-electron chi connectivity index (χ0n) is 11.4. The van der Waals surface area contributed by atoms with Gasteiger partial charge in [-0.2, -0.15) is 11.3 Å². The largest absolute Gasteiger partial charge is 0.496 e. The molecule has 0 radical (unpaired) electrons. The van der Waals surface area contributed by atoms with Crippen LogP contribution in [0.4, 0.5) is 0 Å². The second-order valence-corrected chi connectivity index (χ2v) is 5.13. The Morgan fingerprint density at radius 3 is 2.76 bits per heavy atom. The van der Waals surface area contributed by atoms with E-state index in [0.717, 1.165) is 5.56 Å². The van der Waals surface area contributed by atoms with Crippen LogP contribution in [0, 0.1) is 0 Å². The highest BCUT2D eigenvalue weighted by Gasteiger charge is 2.11. The van der Waals surface area contributed by atoms with E-state index in [4.69, 9.17) is 9.84 Å². The van der Waals surface area contributed by atoms with Gasteiger partial charge in [0.2, 0.25) is 0 Å². The van der Waals surface area contributed by atoms with Crippen LogP contribution in [-0.2, 0) is 11.2 Å². The zero-order valence-corrected chi connectivity index (χ0v) is 12.2. The molecule has 0 spiro atoms. The summed E-state index contributed by atoms with van der Waals surface area (Å²) in [7, 11) is 1.47. The van der Waals surface area contributed by atoms with E-state index in [1.54, 1.807) is 35.6 Å². The molecule has 0 aliphatic carbocycles. The summed E-state index contributed by atoms with van der Waals surface area (Å²) in [5.41, 5.74) is 1.89. The topological polar surface area (TPSA) is 63.6 Å². The number of carbonyl (C=O) groups is 2. The van der Waals surface area contributed by atoms with E-state index in [1.165, 1.54) is 13.2 Å². The maximum absolute atomic E-state index is 12.1. The first-order valence-electron chi connectivity index (χ1n) is 6.23. The van der Waals surface area contributed by atoms with E-state index in [-0.39, 0.29) is 12.2 Å². The third kappa shape index (κ3) is 4.03. The molecule has 1 heterocycles. The second kappa shape index (κ2) is 6.85. The van der Waals surface area contributed by atoms with Crippen molar-refractivity contribution in [3.8, 4) is 5.75 Å². The van der Waals surface area contributed by atoms with Crippen molar-refractivity contribution >= 4 is 29.2 Å². The van der Waals surface area contributed by atoms with Crippen molar-refractivity contribution in [1.29, 1.82) is 0 Å². The molecule has 0 amide bonds. The van der Waals surface area contributed by atoms with Crippen molar-refractivity contribution in [2.75, 3.05) is 7.11 Å². The summed E-state index contributed by atoms with van der Waals surface area (Å²) in [5.74, 6) is -0.669. The van der Waals surface area contributed by atoms with Gasteiger partial charge in [0, 0.05) is 11.1 Å². The number of methoxy groups -OCH3 is 1. The van der Waals surface area contributed by atoms with Crippen LogP contribution in [-0.4, -0.2) is 24.0 Å². The molecule has 1 aromatic heterocycles. The quantitative estimate of drug-likeness (QED) is 0.657. The monoisotopic (exact) mass is 302 g/mol. The SMILES string of the molecule is COc1ccc(C(=O)/C=C/c2ccsc2)cc1CC(=O)O. The number of carboxylic acids is 1. The minimum absolute atomic E-state index is 0.171. The van der Waals surface area contributed by atoms with Gasteiger partial charge in [-0.3, -0.25) is 9.59 Å². The van der Waals surface area contributed by atoms with Crippen LogP contribution in [0.2, 0.25) is 0 Å². The molecule has 5 heteroatoms. The van der Waals surface area contributed by atoms with Gasteiger partial charge >= 0.3 is 5.97 Å². The molecular formula is C16H14O4S. The fourth-order valence-corrected chi connectivity index (χ4v) is 2.50. The summed E-state index contributed by atoms with van der Waals surface area (Å²) in [6, 6.07) is 6.72. The van der Waals surface area contributed by atoms with E-state index in [2.05, 4.69) is 0 Å². The van der Waals surface area contributed by atoms with Gasteiger partial charge in [-0.15, -0.1) is 0 Å². The molecule has 2 aromatic rings. The summed E-state index contributed by atoms with van der Waals surface area (Å²) < 4.78 is 5.11. The number of ketones is 1. The van der Waals surface area contributed by atoms with Crippen molar-refractivity contribution in [2.24, 2.45) is 0 Å². The standard InChI is InChI=1S/C16H14O4S/c1-20-15-5-3-12(8-13(15)9-16(18)19)14(17)4-2-11-6-7-21-10-11/h2-8,10H,9H2,1H3,(H,18,19)/b4-2+. The lowest BCUT2D eigenvalue weighted by atomic mass is 10.0. The van der Waals surface area contributed by atoms with Crippen molar-refractivity contribution in [3.05, 3.63) is 57.8 Å². The van der Waals surface area contributed by atoms with Gasteiger partial charge in [0.1, 0.15) is 5.75 Å². The molecule has 0 bridgehead atoms. The Morgan fingerprint density at radius 1 is 1.33 bits per heavy atom. The number of ether oxygens (including phenoxy) is 1. The lowest BCUT2D eigenvalue weighted by molar-refractivity contribution is -0.136. The van der Waals surface area contributed by atoms with Gasteiger partial charge < -0.3 is 9.84 Å². The fraction of sp³-hybridized carbons (Fsp3) is 0.125. The molecule has 2 rings (SSSR count). The third-order valence-electron chi connectivity index (χ3n) is 2.88. The minimum Gasteiger partial charge on any atom is -0.496 e. The van der Waals surface area contributed by atoms with Gasteiger partial charge in [0.25, 0.3) is 0 Å². The molecule has 21 heavy (non-hydrogen) atoms. The van der Waals surface area contributed by atoms with E-state index >= 15 is 0 Å². The van der Waals surface area contributed by atoms with Gasteiger partial charge in [0.15, 0.2) is 5.78 Å². The van der Waals surface area contributed by atoms with Crippen LogP contribution in [0.3, 0.4) is 0 Å². The third-order valence-corrected chi connectivity index (χ3v) is 3.58. The summed E-state index contributed by atoms with van der Waals surface area (Å²) in [6.07, 6.45) is 3.03. The number of carbonyl (C=O) groups excluding carboxylic acids is 1. The minimum atomic E-state index is -0.966. The van der Waals surface area contributed by atoms with Gasteiger partial charge in [-0.05, 0) is 46.7 Å². The highest BCUT2D eigenvalue weighted by Crippen LogP contribution is 2.21. The Bertz CT molecular complexity index is 672. The van der Waals surface area contributed by atoms with Crippen LogP contribution in [0.25, 0.3) is 6.08 Å². The first-order chi connectivity index (χ1) is 10.1. The zero-order chi connectivity index (χ0) is 15.2. The maximum Gasteiger partial charge on any atom is 0.307 e. The Morgan fingerprint density at radius 2 is 2.14 bits per heavy atom. The van der Waals surface area contributed by atoms with Crippen molar-refractivity contribution in [2.45, 2.75) is 6.42 Å². The molecule has 4 nitrogen and oxygen atoms in total. The number of allylic oxidation sites excluding steroid dienone is 1. The van der Waals surface area contributed by atoms with Crippen LogP contribution in [0.1, 0.15) is 21.5 Å². The summed E-state index contributed by atoms with van der Waals surface area (Å²) in [6.45, 7) is 0. The molecule has 0 fully saturated rings. The van der Waals surface area contributed by atoms with E-state index in [9.17, 15) is 9.59 Å². The molecule has 0 saturated carbocycles. The molecule has 0 aliphatic heterocycles. The molecule has 1 N–H and O–H groups in total. The Balaban J connectivity index is 2.23. The number of hydrogen-bond donors (Lipinski definition) is 1. The fourth-order valence-electron chi connectivity index (χ4n) is 1.87. The Hall–Kier alpha value is -2.40. The average Bonchev–Trinajstić information content (AvgIpc) is 2.97. The predicted molar refractivity (Wildman–Crippen MR) is 82.0 cm³/mol. The van der Waals surface area contributed by atoms with Crippen molar-refractivity contribution in [1.82, 2.24) is 0 Å². The molecule has 0 saturated heterocycles. The van der Waals surface area contributed by atoms with Crippen molar-refractivity contribution in [3.63, 3.8) is 0 Å². The molecule has 1 aromatic carbocycles. The molecule has 0 aliphatic rings. The van der Waals surface area contributed by atoms with Crippen LogP contribution in [0.15, 0.2) is 41.1 Å². The van der Waals surface area contributed by atoms with Crippen LogP contribution < -0.4 is 4.74 Å². The van der Waals surface area contributed by atoms with Gasteiger partial charge in [0.05, 0.1) is 13.5 Å². The van der Waals surface area contributed by atoms with E-state index in [0.29, 0.717) is 16.9 Å². The Labute approximate surface area is 126 Å². The first kappa shape index (κ1) is 15.0. The molecule has 108 valence electrons. The Kier molecular flexibility index (Phi) is 4.90. The van der Waals surface area contributed by atoms with Gasteiger partial charge in [-0.1, -0.05) is 6.08 Å². The second-order valence-electron chi connectivity index (χ2n) is 4.35. The average molecular weight is 302 g/mol. The smallest absolute Gasteiger partial charge is 0.307 e. The van der Waals surface area contributed by atoms with Crippen LogP contribution >= 0.6 is 11.3 Å².